The second-order valence-corrected chi connectivity index (χ2v) is 4.21. The van der Waals surface area contributed by atoms with Gasteiger partial charge in [-0.2, -0.15) is 0 Å². The summed E-state index contributed by atoms with van der Waals surface area (Å²) in [5, 5.41) is 3.43. The molecule has 0 aromatic carbocycles. The first-order valence-corrected chi connectivity index (χ1v) is 5.34. The van der Waals surface area contributed by atoms with Crippen molar-refractivity contribution in [3.8, 4) is 0 Å². The van der Waals surface area contributed by atoms with Gasteiger partial charge < -0.3 is 5.32 Å². The summed E-state index contributed by atoms with van der Waals surface area (Å²) in [7, 11) is 0. The zero-order valence-corrected chi connectivity index (χ0v) is 10.5. The molecule has 4 heteroatoms. The first-order chi connectivity index (χ1) is 5.88. The fraction of sp³-hybridized carbons (Fsp3) is 1.00. The number of halogens is 2. The molecule has 2 aliphatic heterocycles. The highest BCUT2D eigenvalue weighted by molar-refractivity contribution is 5.85. The first-order valence-electron chi connectivity index (χ1n) is 5.34. The van der Waals surface area contributed by atoms with Gasteiger partial charge in [0.25, 0.3) is 0 Å². The van der Waals surface area contributed by atoms with Gasteiger partial charge in [0.2, 0.25) is 0 Å². The van der Waals surface area contributed by atoms with Gasteiger partial charge in [0.15, 0.2) is 0 Å². The Labute approximate surface area is 99.6 Å². The molecule has 0 radical (unpaired) electrons. The van der Waals surface area contributed by atoms with Gasteiger partial charge in [0, 0.05) is 12.1 Å². The maximum atomic E-state index is 3.43. The summed E-state index contributed by atoms with van der Waals surface area (Å²) in [5.41, 5.74) is 0. The third-order valence-electron chi connectivity index (χ3n) is 3.38. The van der Waals surface area contributed by atoms with Crippen LogP contribution in [0.3, 0.4) is 0 Å². The highest BCUT2D eigenvalue weighted by Gasteiger charge is 2.28. The SMILES string of the molecule is C[C@H]1CCCN1C1CCNCC1.Cl.Cl. The Balaban J connectivity index is 0.000000845. The Morgan fingerprint density at radius 1 is 1.07 bits per heavy atom. The number of hydrogen-bond donors (Lipinski definition) is 1. The van der Waals surface area contributed by atoms with Crippen molar-refractivity contribution in [1.29, 1.82) is 0 Å². The van der Waals surface area contributed by atoms with E-state index in [0.29, 0.717) is 0 Å². The molecular formula is C10H22Cl2N2. The first kappa shape index (κ1) is 14.5. The number of likely N-dealkylation sites (tertiary alicyclic amines) is 1. The lowest BCUT2D eigenvalue weighted by atomic mass is 10.0. The molecule has 0 aliphatic carbocycles. The minimum atomic E-state index is 0. The number of piperidine rings is 1. The van der Waals surface area contributed by atoms with E-state index >= 15 is 0 Å². The van der Waals surface area contributed by atoms with Crippen LogP contribution >= 0.6 is 24.8 Å². The van der Waals surface area contributed by atoms with Crippen LogP contribution in [0.15, 0.2) is 0 Å². The molecule has 1 N–H and O–H groups in total. The van der Waals surface area contributed by atoms with Crippen molar-refractivity contribution >= 4 is 24.8 Å². The summed E-state index contributed by atoms with van der Waals surface area (Å²) in [4.78, 5) is 2.72. The molecule has 0 amide bonds. The van der Waals surface area contributed by atoms with Crippen LogP contribution < -0.4 is 5.32 Å². The quantitative estimate of drug-likeness (QED) is 0.756. The number of nitrogens with one attached hydrogen (secondary N) is 1. The average Bonchev–Trinajstić information content (AvgIpc) is 2.53. The van der Waals surface area contributed by atoms with Gasteiger partial charge in [-0.05, 0) is 52.2 Å². The van der Waals surface area contributed by atoms with Crippen LogP contribution in [0.4, 0.5) is 0 Å². The fourth-order valence-corrected chi connectivity index (χ4v) is 2.64. The van der Waals surface area contributed by atoms with Crippen molar-refractivity contribution < 1.29 is 0 Å². The van der Waals surface area contributed by atoms with E-state index in [4.69, 9.17) is 0 Å². The molecular weight excluding hydrogens is 219 g/mol. The average molecular weight is 241 g/mol. The van der Waals surface area contributed by atoms with Crippen LogP contribution in [-0.2, 0) is 0 Å². The molecule has 14 heavy (non-hydrogen) atoms. The van der Waals surface area contributed by atoms with E-state index in [-0.39, 0.29) is 24.8 Å². The highest BCUT2D eigenvalue weighted by Crippen LogP contribution is 2.23. The summed E-state index contributed by atoms with van der Waals surface area (Å²) in [6, 6.07) is 1.75. The van der Waals surface area contributed by atoms with Crippen molar-refractivity contribution in [3.05, 3.63) is 0 Å². The smallest absolute Gasteiger partial charge is 0.0122 e. The molecule has 0 saturated carbocycles. The lowest BCUT2D eigenvalue weighted by Crippen LogP contribution is -2.44. The summed E-state index contributed by atoms with van der Waals surface area (Å²) in [5.74, 6) is 0. The van der Waals surface area contributed by atoms with Crippen molar-refractivity contribution in [1.82, 2.24) is 10.2 Å². The highest BCUT2D eigenvalue weighted by atomic mass is 35.5. The van der Waals surface area contributed by atoms with E-state index < -0.39 is 0 Å². The van der Waals surface area contributed by atoms with E-state index in [1.54, 1.807) is 0 Å². The Hall–Kier alpha value is 0.500. The third-order valence-corrected chi connectivity index (χ3v) is 3.38. The molecule has 0 aromatic heterocycles. The number of nitrogens with zero attached hydrogens (tertiary/aromatic N) is 1. The second-order valence-electron chi connectivity index (χ2n) is 4.21. The zero-order valence-electron chi connectivity index (χ0n) is 8.87. The van der Waals surface area contributed by atoms with Crippen molar-refractivity contribution in [2.45, 2.75) is 44.7 Å². The Morgan fingerprint density at radius 2 is 1.71 bits per heavy atom. The molecule has 1 atom stereocenters. The minimum Gasteiger partial charge on any atom is -0.317 e. The van der Waals surface area contributed by atoms with Gasteiger partial charge in [-0.1, -0.05) is 0 Å². The Bertz CT molecular complexity index is 149. The largest absolute Gasteiger partial charge is 0.317 e. The molecule has 0 unspecified atom stereocenters. The van der Waals surface area contributed by atoms with E-state index in [1.165, 1.54) is 45.3 Å². The zero-order chi connectivity index (χ0) is 8.39. The summed E-state index contributed by atoms with van der Waals surface area (Å²) in [6.45, 7) is 6.20. The van der Waals surface area contributed by atoms with Gasteiger partial charge in [-0.15, -0.1) is 24.8 Å². The van der Waals surface area contributed by atoms with Crippen LogP contribution in [0, 0.1) is 0 Å². The van der Waals surface area contributed by atoms with E-state index in [2.05, 4.69) is 17.1 Å². The molecule has 2 saturated heterocycles. The molecule has 2 nitrogen and oxygen atoms in total. The number of hydrogen-bond acceptors (Lipinski definition) is 2. The van der Waals surface area contributed by atoms with Crippen molar-refractivity contribution in [2.75, 3.05) is 19.6 Å². The van der Waals surface area contributed by atoms with Crippen LogP contribution in [0.5, 0.6) is 0 Å². The molecule has 0 spiro atoms. The lowest BCUT2D eigenvalue weighted by molar-refractivity contribution is 0.156. The van der Waals surface area contributed by atoms with Crippen LogP contribution in [0.2, 0.25) is 0 Å². The van der Waals surface area contributed by atoms with Crippen LogP contribution in [0.25, 0.3) is 0 Å². The molecule has 86 valence electrons. The maximum absolute atomic E-state index is 3.43. The monoisotopic (exact) mass is 240 g/mol. The number of rotatable bonds is 1. The molecule has 0 bridgehead atoms. The van der Waals surface area contributed by atoms with Crippen molar-refractivity contribution in [2.24, 2.45) is 0 Å². The predicted molar refractivity (Wildman–Crippen MR) is 65.8 cm³/mol. The third kappa shape index (κ3) is 3.27. The van der Waals surface area contributed by atoms with Gasteiger partial charge in [0.05, 0.1) is 0 Å². The van der Waals surface area contributed by atoms with Gasteiger partial charge >= 0.3 is 0 Å². The maximum Gasteiger partial charge on any atom is 0.0122 e. The fourth-order valence-electron chi connectivity index (χ4n) is 2.64. The normalized spacial score (nSPS) is 29.4. The summed E-state index contributed by atoms with van der Waals surface area (Å²) >= 11 is 0. The van der Waals surface area contributed by atoms with E-state index in [9.17, 15) is 0 Å². The Kier molecular flexibility index (Phi) is 7.13. The van der Waals surface area contributed by atoms with Gasteiger partial charge in [0.1, 0.15) is 0 Å². The second kappa shape index (κ2) is 6.89. The van der Waals surface area contributed by atoms with Gasteiger partial charge in [-0.25, -0.2) is 0 Å². The molecule has 2 fully saturated rings. The predicted octanol–water partition coefficient (Wildman–Crippen LogP) is 2.07. The standard InChI is InChI=1S/C10H20N2.2ClH/c1-9-3-2-8-12(9)10-4-6-11-7-5-10;;/h9-11H,2-8H2,1H3;2*1H/t9-;;/m0../s1. The molecule has 2 heterocycles. The minimum absolute atomic E-state index is 0. The topological polar surface area (TPSA) is 15.3 Å². The summed E-state index contributed by atoms with van der Waals surface area (Å²) < 4.78 is 0. The van der Waals surface area contributed by atoms with Crippen LogP contribution in [-0.4, -0.2) is 36.6 Å². The van der Waals surface area contributed by atoms with E-state index in [0.717, 1.165) is 12.1 Å². The molecule has 0 aromatic rings. The molecule has 2 aliphatic rings. The summed E-state index contributed by atoms with van der Waals surface area (Å²) in [6.07, 6.45) is 5.57. The van der Waals surface area contributed by atoms with Gasteiger partial charge in [-0.3, -0.25) is 4.90 Å². The molecule has 2 rings (SSSR count). The Morgan fingerprint density at radius 3 is 2.21 bits per heavy atom. The lowest BCUT2D eigenvalue weighted by Gasteiger charge is -2.34. The van der Waals surface area contributed by atoms with Crippen LogP contribution in [0.1, 0.15) is 32.6 Å². The van der Waals surface area contributed by atoms with E-state index in [1.807, 2.05) is 0 Å². The van der Waals surface area contributed by atoms with Crippen molar-refractivity contribution in [3.63, 3.8) is 0 Å².